The Kier molecular flexibility index (Phi) is 5.51. The first-order valence-electron chi connectivity index (χ1n) is 5.46. The van der Waals surface area contributed by atoms with Gasteiger partial charge in [-0.3, -0.25) is 4.79 Å². The molecule has 0 heterocycles. The summed E-state index contributed by atoms with van der Waals surface area (Å²) < 4.78 is 4.94. The molecule has 0 radical (unpaired) electrons. The van der Waals surface area contributed by atoms with Gasteiger partial charge in [-0.05, 0) is 12.0 Å². The molecule has 0 fully saturated rings. The molecule has 0 saturated carbocycles. The molecule has 0 aliphatic heterocycles. The largest absolute Gasteiger partial charge is 0.465 e. The molecule has 0 N–H and O–H groups in total. The number of hydrogen-bond acceptors (Lipinski definition) is 3. The molecule has 3 nitrogen and oxygen atoms in total. The van der Waals surface area contributed by atoms with Crippen LogP contribution in [0.15, 0.2) is 30.3 Å². The van der Waals surface area contributed by atoms with E-state index in [4.69, 9.17) is 21.6 Å². The normalized spacial score (nSPS) is 13.5. The summed E-state index contributed by atoms with van der Waals surface area (Å²) in [5.41, 5.74) is 0.745. The molecule has 90 valence electrons. The molecule has 0 aliphatic rings. The second kappa shape index (κ2) is 6.93. The second-order valence-corrected chi connectivity index (χ2v) is 4.06. The summed E-state index contributed by atoms with van der Waals surface area (Å²) in [6.07, 6.45) is 0.724. The van der Waals surface area contributed by atoms with E-state index in [0.717, 1.165) is 12.0 Å². The van der Waals surface area contributed by atoms with Gasteiger partial charge < -0.3 is 4.74 Å². The minimum atomic E-state index is -0.967. The van der Waals surface area contributed by atoms with Gasteiger partial charge >= 0.3 is 5.97 Å². The van der Waals surface area contributed by atoms with E-state index in [1.165, 1.54) is 0 Å². The summed E-state index contributed by atoms with van der Waals surface area (Å²) in [4.78, 5) is 11.6. The van der Waals surface area contributed by atoms with Crippen LogP contribution in [0.2, 0.25) is 0 Å². The van der Waals surface area contributed by atoms with Gasteiger partial charge in [0, 0.05) is 0 Å². The molecule has 1 rings (SSSR count). The first-order valence-corrected chi connectivity index (χ1v) is 5.89. The molecule has 2 atom stereocenters. The highest BCUT2D eigenvalue weighted by Gasteiger charge is 2.29. The zero-order valence-corrected chi connectivity index (χ0v) is 10.4. The number of esters is 1. The van der Waals surface area contributed by atoms with Gasteiger partial charge in [0.15, 0.2) is 5.92 Å². The molecule has 1 aromatic carbocycles. The summed E-state index contributed by atoms with van der Waals surface area (Å²) in [5.74, 6) is -1.52. The lowest BCUT2D eigenvalue weighted by Crippen LogP contribution is -2.21. The van der Waals surface area contributed by atoms with Gasteiger partial charge in [0.2, 0.25) is 0 Å². The third kappa shape index (κ3) is 3.76. The van der Waals surface area contributed by atoms with Gasteiger partial charge in [0.25, 0.3) is 0 Å². The fraction of sp³-hybridized carbons (Fsp3) is 0.385. The van der Waals surface area contributed by atoms with Crippen LogP contribution in [-0.2, 0) is 9.53 Å². The fourth-order valence-corrected chi connectivity index (χ4v) is 1.66. The number of alkyl halides is 1. The number of carbonyl (C=O) groups is 1. The minimum absolute atomic E-state index is 0.315. The molecule has 4 heteroatoms. The van der Waals surface area contributed by atoms with E-state index in [-0.39, 0.29) is 0 Å². The predicted molar refractivity (Wildman–Crippen MR) is 65.4 cm³/mol. The van der Waals surface area contributed by atoms with Crippen molar-refractivity contribution in [3.8, 4) is 6.07 Å². The third-order valence-corrected chi connectivity index (χ3v) is 2.76. The van der Waals surface area contributed by atoms with Crippen molar-refractivity contribution in [3.63, 3.8) is 0 Å². The molecule has 2 unspecified atom stereocenters. The van der Waals surface area contributed by atoms with Crippen molar-refractivity contribution in [1.29, 1.82) is 5.26 Å². The first-order chi connectivity index (χ1) is 8.20. The van der Waals surface area contributed by atoms with E-state index in [1.54, 1.807) is 12.1 Å². The SMILES string of the molecule is CCCOC(=O)C(C#N)C(Cl)c1ccccc1. The van der Waals surface area contributed by atoms with Gasteiger partial charge in [0.05, 0.1) is 18.1 Å². The molecule has 0 saturated heterocycles. The predicted octanol–water partition coefficient (Wildman–Crippen LogP) is 3.06. The topological polar surface area (TPSA) is 50.1 Å². The van der Waals surface area contributed by atoms with Crippen molar-refractivity contribution in [1.82, 2.24) is 0 Å². The molecule has 0 aromatic heterocycles. The number of ether oxygens (including phenoxy) is 1. The van der Waals surface area contributed by atoms with Crippen LogP contribution >= 0.6 is 11.6 Å². The fourth-order valence-electron chi connectivity index (χ4n) is 1.36. The monoisotopic (exact) mass is 251 g/mol. The molecule has 0 aliphatic carbocycles. The van der Waals surface area contributed by atoms with Gasteiger partial charge in [-0.1, -0.05) is 37.3 Å². The number of hydrogen-bond donors (Lipinski definition) is 0. The lowest BCUT2D eigenvalue weighted by molar-refractivity contribution is -0.146. The molecule has 0 bridgehead atoms. The third-order valence-electron chi connectivity index (χ3n) is 2.25. The number of nitrogens with zero attached hydrogens (tertiary/aromatic N) is 1. The molecular formula is C13H14ClNO2. The highest BCUT2D eigenvalue weighted by molar-refractivity contribution is 6.22. The van der Waals surface area contributed by atoms with Crippen LogP contribution in [0.5, 0.6) is 0 Å². The molecule has 17 heavy (non-hydrogen) atoms. The quantitative estimate of drug-likeness (QED) is 0.597. The van der Waals surface area contributed by atoms with Crippen molar-refractivity contribution in [3.05, 3.63) is 35.9 Å². The highest BCUT2D eigenvalue weighted by Crippen LogP contribution is 2.29. The number of rotatable bonds is 5. The van der Waals surface area contributed by atoms with Crippen molar-refractivity contribution in [2.45, 2.75) is 18.7 Å². The molecule has 0 spiro atoms. The number of benzene rings is 1. The van der Waals surface area contributed by atoms with Crippen molar-refractivity contribution < 1.29 is 9.53 Å². The zero-order chi connectivity index (χ0) is 12.7. The maximum atomic E-state index is 11.6. The van der Waals surface area contributed by atoms with E-state index >= 15 is 0 Å². The van der Waals surface area contributed by atoms with Crippen molar-refractivity contribution in [2.24, 2.45) is 5.92 Å². The summed E-state index contributed by atoms with van der Waals surface area (Å²) in [5, 5.41) is 8.32. The van der Waals surface area contributed by atoms with Crippen LogP contribution in [0.4, 0.5) is 0 Å². The Hall–Kier alpha value is -1.53. The van der Waals surface area contributed by atoms with Gasteiger partial charge in [-0.2, -0.15) is 5.26 Å². The summed E-state index contributed by atoms with van der Waals surface area (Å²) in [7, 11) is 0. The Morgan fingerprint density at radius 2 is 2.12 bits per heavy atom. The molecule has 1 aromatic rings. The lowest BCUT2D eigenvalue weighted by atomic mass is 10.0. The number of nitriles is 1. The molecular weight excluding hydrogens is 238 g/mol. The van der Waals surface area contributed by atoms with Crippen LogP contribution in [-0.4, -0.2) is 12.6 Å². The Labute approximate surface area is 106 Å². The van der Waals surface area contributed by atoms with Crippen molar-refractivity contribution in [2.75, 3.05) is 6.61 Å². The average Bonchev–Trinajstić information content (AvgIpc) is 2.38. The lowest BCUT2D eigenvalue weighted by Gasteiger charge is -2.14. The van der Waals surface area contributed by atoms with Crippen LogP contribution in [0.3, 0.4) is 0 Å². The second-order valence-electron chi connectivity index (χ2n) is 3.59. The Morgan fingerprint density at radius 1 is 1.47 bits per heavy atom. The summed E-state index contributed by atoms with van der Waals surface area (Å²) >= 11 is 6.12. The van der Waals surface area contributed by atoms with Gasteiger partial charge in [0.1, 0.15) is 0 Å². The van der Waals surface area contributed by atoms with Gasteiger partial charge in [-0.25, -0.2) is 0 Å². The van der Waals surface area contributed by atoms with Crippen LogP contribution < -0.4 is 0 Å². The Bertz CT molecular complexity index is 400. The van der Waals surface area contributed by atoms with E-state index in [2.05, 4.69) is 0 Å². The summed E-state index contributed by atoms with van der Waals surface area (Å²) in [6.45, 7) is 2.21. The maximum Gasteiger partial charge on any atom is 0.325 e. The summed E-state index contributed by atoms with van der Waals surface area (Å²) in [6, 6.07) is 11.0. The van der Waals surface area contributed by atoms with E-state index in [0.29, 0.717) is 6.61 Å². The molecule has 0 amide bonds. The maximum absolute atomic E-state index is 11.6. The number of halogens is 1. The Morgan fingerprint density at radius 3 is 2.65 bits per heavy atom. The minimum Gasteiger partial charge on any atom is -0.465 e. The first kappa shape index (κ1) is 13.5. The van der Waals surface area contributed by atoms with E-state index in [1.807, 2.05) is 31.2 Å². The van der Waals surface area contributed by atoms with E-state index in [9.17, 15) is 4.79 Å². The number of carbonyl (C=O) groups excluding carboxylic acids is 1. The van der Waals surface area contributed by atoms with Crippen LogP contribution in [0, 0.1) is 17.2 Å². The average molecular weight is 252 g/mol. The zero-order valence-electron chi connectivity index (χ0n) is 9.60. The van der Waals surface area contributed by atoms with Crippen LogP contribution in [0.1, 0.15) is 24.3 Å². The Balaban J connectivity index is 2.75. The van der Waals surface area contributed by atoms with Crippen molar-refractivity contribution >= 4 is 17.6 Å². The van der Waals surface area contributed by atoms with Gasteiger partial charge in [-0.15, -0.1) is 11.6 Å². The highest BCUT2D eigenvalue weighted by atomic mass is 35.5. The smallest absolute Gasteiger partial charge is 0.325 e. The van der Waals surface area contributed by atoms with Crippen LogP contribution in [0.25, 0.3) is 0 Å². The standard InChI is InChI=1S/C13H14ClNO2/c1-2-8-17-13(16)11(9-15)12(14)10-6-4-3-5-7-10/h3-7,11-12H,2,8H2,1H3. The van der Waals surface area contributed by atoms with E-state index < -0.39 is 17.3 Å².